The van der Waals surface area contributed by atoms with Gasteiger partial charge in [0.1, 0.15) is 5.92 Å². The highest BCUT2D eigenvalue weighted by molar-refractivity contribution is 6.16. The Kier molecular flexibility index (Phi) is 5.91. The molecule has 7 heteroatoms. The van der Waals surface area contributed by atoms with Gasteiger partial charge in [-0.25, -0.2) is 4.79 Å². The van der Waals surface area contributed by atoms with E-state index in [0.717, 1.165) is 4.90 Å². The standard InChI is InChI=1S/C12H20N2O5/c1-8(2)9-10(15)13-12(17)14(11(9)16)4-5-19-7-6-18-3/h8-9H,4-7H2,1-3H3,(H,13,15,17). The van der Waals surface area contributed by atoms with Gasteiger partial charge in [-0.2, -0.15) is 0 Å². The summed E-state index contributed by atoms with van der Waals surface area (Å²) in [4.78, 5) is 36.3. The van der Waals surface area contributed by atoms with Crippen LogP contribution >= 0.6 is 0 Å². The Morgan fingerprint density at radius 3 is 2.47 bits per heavy atom. The van der Waals surface area contributed by atoms with Gasteiger partial charge < -0.3 is 9.47 Å². The molecule has 1 fully saturated rings. The van der Waals surface area contributed by atoms with Crippen LogP contribution in [0.3, 0.4) is 0 Å². The molecule has 1 aliphatic heterocycles. The Balaban J connectivity index is 2.54. The molecule has 0 aromatic rings. The molecular weight excluding hydrogens is 252 g/mol. The first-order valence-corrected chi connectivity index (χ1v) is 6.22. The highest BCUT2D eigenvalue weighted by Crippen LogP contribution is 2.18. The number of imide groups is 2. The second kappa shape index (κ2) is 7.20. The maximum atomic E-state index is 12.1. The molecule has 1 heterocycles. The molecule has 0 aliphatic carbocycles. The summed E-state index contributed by atoms with van der Waals surface area (Å²) in [5, 5.41) is 2.19. The third kappa shape index (κ3) is 4.00. The predicted octanol–water partition coefficient (Wildman–Crippen LogP) is 0.000000000000000222. The van der Waals surface area contributed by atoms with E-state index in [1.807, 2.05) is 0 Å². The minimum Gasteiger partial charge on any atom is -0.382 e. The largest absolute Gasteiger partial charge is 0.382 e. The van der Waals surface area contributed by atoms with E-state index >= 15 is 0 Å². The molecule has 7 nitrogen and oxygen atoms in total. The third-order valence-corrected chi connectivity index (χ3v) is 2.85. The van der Waals surface area contributed by atoms with E-state index in [9.17, 15) is 14.4 Å². The number of rotatable bonds is 7. The second-order valence-corrected chi connectivity index (χ2v) is 4.61. The fraction of sp³-hybridized carbons (Fsp3) is 0.750. The van der Waals surface area contributed by atoms with Gasteiger partial charge in [-0.05, 0) is 5.92 Å². The first kappa shape index (κ1) is 15.6. The first-order chi connectivity index (χ1) is 8.99. The van der Waals surface area contributed by atoms with E-state index in [-0.39, 0.29) is 19.1 Å². The summed E-state index contributed by atoms with van der Waals surface area (Å²) in [7, 11) is 1.56. The average molecular weight is 272 g/mol. The van der Waals surface area contributed by atoms with Gasteiger partial charge in [0.25, 0.3) is 0 Å². The molecule has 0 radical (unpaired) electrons. The molecule has 0 aromatic heterocycles. The summed E-state index contributed by atoms with van der Waals surface area (Å²) < 4.78 is 10.0. The van der Waals surface area contributed by atoms with Crippen molar-refractivity contribution in [2.45, 2.75) is 13.8 Å². The molecule has 0 aromatic carbocycles. The lowest BCUT2D eigenvalue weighted by Gasteiger charge is -2.31. The zero-order valence-corrected chi connectivity index (χ0v) is 11.5. The van der Waals surface area contributed by atoms with Crippen LogP contribution < -0.4 is 5.32 Å². The van der Waals surface area contributed by atoms with Gasteiger partial charge in [-0.1, -0.05) is 13.8 Å². The highest BCUT2D eigenvalue weighted by atomic mass is 16.5. The van der Waals surface area contributed by atoms with Crippen molar-refractivity contribution in [2.24, 2.45) is 11.8 Å². The van der Waals surface area contributed by atoms with Crippen molar-refractivity contribution in [3.05, 3.63) is 0 Å². The zero-order chi connectivity index (χ0) is 14.4. The average Bonchev–Trinajstić information content (AvgIpc) is 2.31. The minimum absolute atomic E-state index is 0.130. The number of nitrogens with one attached hydrogen (secondary N) is 1. The summed E-state index contributed by atoms with van der Waals surface area (Å²) in [6.07, 6.45) is 0. The summed E-state index contributed by atoms with van der Waals surface area (Å²) in [5.74, 6) is -1.95. The van der Waals surface area contributed by atoms with Gasteiger partial charge in [0.15, 0.2) is 0 Å². The normalized spacial score (nSPS) is 20.1. The molecule has 1 rings (SSSR count). The maximum absolute atomic E-state index is 12.1. The summed E-state index contributed by atoms with van der Waals surface area (Å²) in [6, 6.07) is -0.678. The molecule has 1 aliphatic rings. The van der Waals surface area contributed by atoms with Crippen molar-refractivity contribution in [2.75, 3.05) is 33.5 Å². The fourth-order valence-corrected chi connectivity index (χ4v) is 1.83. The van der Waals surface area contributed by atoms with Crippen molar-refractivity contribution in [1.29, 1.82) is 0 Å². The molecule has 0 bridgehead atoms. The molecular formula is C12H20N2O5. The van der Waals surface area contributed by atoms with Crippen LogP contribution in [-0.4, -0.2) is 56.2 Å². The molecule has 0 spiro atoms. The van der Waals surface area contributed by atoms with Gasteiger partial charge >= 0.3 is 6.03 Å². The van der Waals surface area contributed by atoms with Gasteiger partial charge in [0.2, 0.25) is 11.8 Å². The Bertz CT molecular complexity index is 356. The fourth-order valence-electron chi connectivity index (χ4n) is 1.83. The molecule has 19 heavy (non-hydrogen) atoms. The van der Waals surface area contributed by atoms with Crippen LogP contribution in [0.2, 0.25) is 0 Å². The van der Waals surface area contributed by atoms with Gasteiger partial charge in [-0.3, -0.25) is 19.8 Å². The number of carbonyl (C=O) groups excluding carboxylic acids is 3. The van der Waals surface area contributed by atoms with Gasteiger partial charge in [0.05, 0.1) is 26.4 Å². The number of barbiturate groups is 1. The van der Waals surface area contributed by atoms with E-state index < -0.39 is 23.8 Å². The van der Waals surface area contributed by atoms with Crippen LogP contribution in [0.5, 0.6) is 0 Å². The maximum Gasteiger partial charge on any atom is 0.330 e. The van der Waals surface area contributed by atoms with Crippen LogP contribution in [-0.2, 0) is 19.1 Å². The van der Waals surface area contributed by atoms with E-state index in [1.165, 1.54) is 0 Å². The molecule has 4 amide bonds. The Morgan fingerprint density at radius 2 is 1.89 bits per heavy atom. The monoisotopic (exact) mass is 272 g/mol. The van der Waals surface area contributed by atoms with Crippen molar-refractivity contribution < 1.29 is 23.9 Å². The molecule has 1 atom stereocenters. The number of nitrogens with zero attached hydrogens (tertiary/aromatic N) is 1. The van der Waals surface area contributed by atoms with Crippen LogP contribution in [0.15, 0.2) is 0 Å². The lowest BCUT2D eigenvalue weighted by Crippen LogP contribution is -2.59. The van der Waals surface area contributed by atoms with E-state index in [4.69, 9.17) is 9.47 Å². The Labute approximate surface area is 112 Å². The smallest absolute Gasteiger partial charge is 0.330 e. The number of methoxy groups -OCH3 is 1. The summed E-state index contributed by atoms with van der Waals surface area (Å²) >= 11 is 0. The van der Waals surface area contributed by atoms with Crippen molar-refractivity contribution >= 4 is 17.8 Å². The lowest BCUT2D eigenvalue weighted by molar-refractivity contribution is -0.145. The number of ether oxygens (including phenoxy) is 2. The topological polar surface area (TPSA) is 84.9 Å². The summed E-state index contributed by atoms with van der Waals surface area (Å²) in [6.45, 7) is 4.74. The number of carbonyl (C=O) groups is 3. The van der Waals surface area contributed by atoms with E-state index in [2.05, 4.69) is 5.32 Å². The van der Waals surface area contributed by atoms with Crippen LogP contribution in [0.1, 0.15) is 13.8 Å². The predicted molar refractivity (Wildman–Crippen MR) is 66.3 cm³/mol. The highest BCUT2D eigenvalue weighted by Gasteiger charge is 2.41. The number of hydrogen-bond acceptors (Lipinski definition) is 5. The first-order valence-electron chi connectivity index (χ1n) is 6.22. The van der Waals surface area contributed by atoms with Crippen molar-refractivity contribution in [3.8, 4) is 0 Å². The van der Waals surface area contributed by atoms with Crippen LogP contribution in [0.4, 0.5) is 4.79 Å². The molecule has 1 N–H and O–H groups in total. The van der Waals surface area contributed by atoms with Crippen molar-refractivity contribution in [1.82, 2.24) is 10.2 Å². The SMILES string of the molecule is COCCOCCN1C(=O)NC(=O)C(C(C)C)C1=O. The van der Waals surface area contributed by atoms with Crippen LogP contribution in [0, 0.1) is 11.8 Å². The lowest BCUT2D eigenvalue weighted by atomic mass is 9.92. The van der Waals surface area contributed by atoms with Gasteiger partial charge in [-0.15, -0.1) is 0 Å². The third-order valence-electron chi connectivity index (χ3n) is 2.85. The minimum atomic E-state index is -0.809. The second-order valence-electron chi connectivity index (χ2n) is 4.61. The quantitative estimate of drug-likeness (QED) is 0.521. The number of amides is 4. The molecule has 1 unspecified atom stereocenters. The number of urea groups is 1. The number of hydrogen-bond donors (Lipinski definition) is 1. The van der Waals surface area contributed by atoms with Crippen LogP contribution in [0.25, 0.3) is 0 Å². The molecule has 108 valence electrons. The molecule has 0 saturated carbocycles. The van der Waals surface area contributed by atoms with Crippen molar-refractivity contribution in [3.63, 3.8) is 0 Å². The van der Waals surface area contributed by atoms with E-state index in [1.54, 1.807) is 21.0 Å². The Morgan fingerprint density at radius 1 is 1.21 bits per heavy atom. The summed E-state index contributed by atoms with van der Waals surface area (Å²) in [5.41, 5.74) is 0. The van der Waals surface area contributed by atoms with Gasteiger partial charge in [0, 0.05) is 7.11 Å². The Hall–Kier alpha value is -1.47. The van der Waals surface area contributed by atoms with E-state index in [0.29, 0.717) is 13.2 Å². The molecule has 1 saturated heterocycles. The zero-order valence-electron chi connectivity index (χ0n) is 11.5.